The van der Waals surface area contributed by atoms with Crippen molar-refractivity contribution in [2.24, 2.45) is 0 Å². The predicted octanol–water partition coefficient (Wildman–Crippen LogP) is 4.65. The minimum Gasteiger partial charge on any atom is -0.493 e. The molecule has 1 aliphatic rings. The van der Waals surface area contributed by atoms with E-state index in [4.69, 9.17) is 14.3 Å². The molecule has 0 saturated heterocycles. The number of aliphatic carboxylic acids is 1. The van der Waals surface area contributed by atoms with Crippen LogP contribution < -0.4 is 14.8 Å². The lowest BCUT2D eigenvalue weighted by molar-refractivity contribution is -0.142. The standard InChI is InChI=1S/C24H23NO4.CH2O/c1-16-7-3-6-10-20(16)29-22-13-19(11-12-21(22)28-2)25-24(23(26)27)14-17-8-4-5-9-18(17)15-24;1-2/h3-13,25H,14-15H2,1-2H3,(H,26,27);1H2. The van der Waals surface area contributed by atoms with Crippen LogP contribution in [-0.2, 0) is 22.4 Å². The van der Waals surface area contributed by atoms with Crippen LogP contribution in [0.25, 0.3) is 0 Å². The molecule has 0 heterocycles. The summed E-state index contributed by atoms with van der Waals surface area (Å²) in [6, 6.07) is 21.0. The molecule has 0 aliphatic heterocycles. The number of fused-ring (bicyclic) bond motifs is 1. The van der Waals surface area contributed by atoms with E-state index in [-0.39, 0.29) is 0 Å². The van der Waals surface area contributed by atoms with Crippen LogP contribution in [0.1, 0.15) is 16.7 Å². The minimum absolute atomic E-state index is 0.429. The number of para-hydroxylation sites is 1. The lowest BCUT2D eigenvalue weighted by atomic mass is 9.95. The van der Waals surface area contributed by atoms with E-state index in [1.54, 1.807) is 19.2 Å². The molecule has 0 saturated carbocycles. The number of benzene rings is 3. The molecule has 0 aromatic heterocycles. The van der Waals surface area contributed by atoms with E-state index < -0.39 is 11.5 Å². The van der Waals surface area contributed by atoms with Gasteiger partial charge in [-0.1, -0.05) is 42.5 Å². The Morgan fingerprint density at radius 3 is 2.13 bits per heavy atom. The van der Waals surface area contributed by atoms with Crippen molar-refractivity contribution in [2.75, 3.05) is 12.4 Å². The normalized spacial score (nSPS) is 13.4. The van der Waals surface area contributed by atoms with Crippen LogP contribution in [-0.4, -0.2) is 30.5 Å². The third-order valence-electron chi connectivity index (χ3n) is 5.37. The molecule has 0 fully saturated rings. The Kier molecular flexibility index (Phi) is 6.60. The van der Waals surface area contributed by atoms with Gasteiger partial charge in [0.05, 0.1) is 7.11 Å². The molecule has 6 nitrogen and oxygen atoms in total. The molecule has 0 spiro atoms. The summed E-state index contributed by atoms with van der Waals surface area (Å²) in [5.74, 6) is 0.968. The molecule has 6 heteroatoms. The third kappa shape index (κ3) is 4.53. The fraction of sp³-hybridized carbons (Fsp3) is 0.200. The molecular weight excluding hydrogens is 394 g/mol. The first-order valence-corrected chi connectivity index (χ1v) is 9.79. The topological polar surface area (TPSA) is 84.9 Å². The van der Waals surface area contributed by atoms with E-state index in [1.807, 2.05) is 68.3 Å². The number of aryl methyl sites for hydroxylation is 1. The van der Waals surface area contributed by atoms with Crippen molar-refractivity contribution in [1.82, 2.24) is 0 Å². The third-order valence-corrected chi connectivity index (χ3v) is 5.37. The molecule has 2 N–H and O–H groups in total. The van der Waals surface area contributed by atoms with Gasteiger partial charge in [0.2, 0.25) is 0 Å². The second-order valence-corrected chi connectivity index (χ2v) is 7.37. The van der Waals surface area contributed by atoms with E-state index in [2.05, 4.69) is 5.32 Å². The Labute approximate surface area is 181 Å². The highest BCUT2D eigenvalue weighted by Crippen LogP contribution is 2.38. The Bertz CT molecular complexity index is 1050. The summed E-state index contributed by atoms with van der Waals surface area (Å²) in [6.45, 7) is 3.97. The fourth-order valence-corrected chi connectivity index (χ4v) is 3.81. The van der Waals surface area contributed by atoms with Crippen LogP contribution >= 0.6 is 0 Å². The summed E-state index contributed by atoms with van der Waals surface area (Å²) in [7, 11) is 1.58. The number of carboxylic acid groups (broad SMARTS) is 1. The first kappa shape index (κ1) is 21.9. The molecule has 31 heavy (non-hydrogen) atoms. The lowest BCUT2D eigenvalue weighted by Crippen LogP contribution is -2.47. The van der Waals surface area contributed by atoms with Crippen LogP contribution in [0.5, 0.6) is 17.2 Å². The quantitative estimate of drug-likeness (QED) is 0.605. The average molecular weight is 419 g/mol. The largest absolute Gasteiger partial charge is 0.493 e. The summed E-state index contributed by atoms with van der Waals surface area (Å²) in [5.41, 5.74) is 2.71. The molecule has 160 valence electrons. The van der Waals surface area contributed by atoms with Crippen molar-refractivity contribution in [3.05, 3.63) is 83.4 Å². The lowest BCUT2D eigenvalue weighted by Gasteiger charge is -2.27. The van der Waals surface area contributed by atoms with Crippen LogP contribution in [0.3, 0.4) is 0 Å². The molecule has 0 bridgehead atoms. The SMILES string of the molecule is C=O.COc1ccc(NC2(C(=O)O)Cc3ccccc3C2)cc1Oc1ccccc1C. The number of anilines is 1. The highest BCUT2D eigenvalue weighted by atomic mass is 16.5. The van der Waals surface area contributed by atoms with Crippen LogP contribution in [0.2, 0.25) is 0 Å². The van der Waals surface area contributed by atoms with Gasteiger partial charge in [0.15, 0.2) is 11.5 Å². The molecule has 0 amide bonds. The number of hydrogen-bond donors (Lipinski definition) is 2. The van der Waals surface area contributed by atoms with Gasteiger partial charge in [-0.15, -0.1) is 0 Å². The number of carbonyl (C=O) groups is 2. The van der Waals surface area contributed by atoms with Gasteiger partial charge in [-0.3, -0.25) is 0 Å². The van der Waals surface area contributed by atoms with Crippen molar-refractivity contribution in [2.45, 2.75) is 25.3 Å². The van der Waals surface area contributed by atoms with Gasteiger partial charge < -0.3 is 24.7 Å². The fourth-order valence-electron chi connectivity index (χ4n) is 3.81. The second-order valence-electron chi connectivity index (χ2n) is 7.37. The predicted molar refractivity (Wildman–Crippen MR) is 119 cm³/mol. The van der Waals surface area contributed by atoms with E-state index in [0.29, 0.717) is 30.0 Å². The molecule has 0 unspecified atom stereocenters. The molecular formula is C25H25NO5. The van der Waals surface area contributed by atoms with Gasteiger partial charge in [0, 0.05) is 24.6 Å². The van der Waals surface area contributed by atoms with Crippen molar-refractivity contribution >= 4 is 18.4 Å². The maximum atomic E-state index is 12.2. The van der Waals surface area contributed by atoms with Crippen molar-refractivity contribution in [1.29, 1.82) is 0 Å². The first-order chi connectivity index (χ1) is 15.0. The van der Waals surface area contributed by atoms with Crippen molar-refractivity contribution < 1.29 is 24.2 Å². The molecule has 3 aromatic rings. The zero-order valence-electron chi connectivity index (χ0n) is 17.6. The number of carbonyl (C=O) groups excluding carboxylic acids is 1. The van der Waals surface area contributed by atoms with Gasteiger partial charge in [-0.2, -0.15) is 0 Å². The Morgan fingerprint density at radius 1 is 0.935 bits per heavy atom. The zero-order valence-corrected chi connectivity index (χ0v) is 17.6. The summed E-state index contributed by atoms with van der Waals surface area (Å²) < 4.78 is 11.5. The van der Waals surface area contributed by atoms with Gasteiger partial charge in [0.25, 0.3) is 0 Å². The molecule has 4 rings (SSSR count). The maximum Gasteiger partial charge on any atom is 0.330 e. The molecule has 1 aliphatic carbocycles. The first-order valence-electron chi connectivity index (χ1n) is 9.79. The smallest absolute Gasteiger partial charge is 0.330 e. The van der Waals surface area contributed by atoms with Crippen LogP contribution in [0.4, 0.5) is 5.69 Å². The van der Waals surface area contributed by atoms with Crippen LogP contribution in [0.15, 0.2) is 66.7 Å². The van der Waals surface area contributed by atoms with E-state index in [0.717, 1.165) is 22.4 Å². The Balaban J connectivity index is 0.00000132. The highest BCUT2D eigenvalue weighted by molar-refractivity contribution is 5.85. The van der Waals surface area contributed by atoms with Gasteiger partial charge in [-0.05, 0) is 41.8 Å². The van der Waals surface area contributed by atoms with Crippen LogP contribution in [0, 0.1) is 6.92 Å². The van der Waals surface area contributed by atoms with Gasteiger partial charge >= 0.3 is 5.97 Å². The Hall–Kier alpha value is -3.80. The minimum atomic E-state index is -1.09. The monoisotopic (exact) mass is 419 g/mol. The van der Waals surface area contributed by atoms with Crippen molar-refractivity contribution in [3.8, 4) is 17.2 Å². The number of nitrogens with one attached hydrogen (secondary N) is 1. The highest BCUT2D eigenvalue weighted by Gasteiger charge is 2.44. The summed E-state index contributed by atoms with van der Waals surface area (Å²) >= 11 is 0. The van der Waals surface area contributed by atoms with Crippen molar-refractivity contribution in [3.63, 3.8) is 0 Å². The number of carboxylic acids is 1. The number of ether oxygens (including phenoxy) is 2. The summed E-state index contributed by atoms with van der Waals surface area (Å²) in [5, 5.41) is 13.3. The van der Waals surface area contributed by atoms with Gasteiger partial charge in [0.1, 0.15) is 18.1 Å². The average Bonchev–Trinajstić information content (AvgIpc) is 3.16. The molecule has 3 aromatic carbocycles. The second kappa shape index (κ2) is 9.34. The van der Waals surface area contributed by atoms with Gasteiger partial charge in [-0.25, -0.2) is 4.79 Å². The molecule has 0 atom stereocenters. The van der Waals surface area contributed by atoms with E-state index in [1.165, 1.54) is 0 Å². The maximum absolute atomic E-state index is 12.2. The Morgan fingerprint density at radius 2 is 1.55 bits per heavy atom. The number of hydrogen-bond acceptors (Lipinski definition) is 5. The number of methoxy groups -OCH3 is 1. The van der Waals surface area contributed by atoms with E-state index >= 15 is 0 Å². The summed E-state index contributed by atoms with van der Waals surface area (Å²) in [4.78, 5) is 20.2. The number of rotatable bonds is 6. The van der Waals surface area contributed by atoms with E-state index in [9.17, 15) is 9.90 Å². The molecule has 0 radical (unpaired) electrons. The zero-order chi connectivity index (χ0) is 22.4. The summed E-state index contributed by atoms with van der Waals surface area (Å²) in [6.07, 6.45) is 0.858.